The predicted molar refractivity (Wildman–Crippen MR) is 98.0 cm³/mol. The number of benzene rings is 1. The van der Waals surface area contributed by atoms with Crippen LogP contribution in [-0.4, -0.2) is 41.3 Å². The van der Waals surface area contributed by atoms with E-state index in [1.54, 1.807) is 0 Å². The maximum atomic E-state index is 12.6. The molecule has 3 heterocycles. The van der Waals surface area contributed by atoms with Crippen LogP contribution in [0, 0.1) is 19.3 Å². The Morgan fingerprint density at radius 1 is 1.20 bits per heavy atom. The predicted octanol–water partition coefficient (Wildman–Crippen LogP) is 3.03. The van der Waals surface area contributed by atoms with Crippen LogP contribution in [0.25, 0.3) is 0 Å². The molecule has 2 aliphatic rings. The maximum Gasteiger partial charge on any atom is 0.273 e. The molecule has 2 aromatic rings. The van der Waals surface area contributed by atoms with Gasteiger partial charge in [0.05, 0.1) is 5.01 Å². The minimum atomic E-state index is -0.122. The monoisotopic (exact) mass is 355 g/mol. The highest BCUT2D eigenvalue weighted by Gasteiger charge is 2.49. The fourth-order valence-electron chi connectivity index (χ4n) is 3.86. The van der Waals surface area contributed by atoms with E-state index in [1.807, 2.05) is 53.3 Å². The molecule has 0 aliphatic carbocycles. The highest BCUT2D eigenvalue weighted by molar-refractivity contribution is 7.09. The van der Waals surface area contributed by atoms with Crippen LogP contribution in [0.3, 0.4) is 0 Å². The van der Waals surface area contributed by atoms with Gasteiger partial charge in [0, 0.05) is 42.5 Å². The van der Waals surface area contributed by atoms with Crippen LogP contribution in [0.4, 0.5) is 5.69 Å². The number of aryl methyl sites for hydroxylation is 2. The largest absolute Gasteiger partial charge is 0.337 e. The van der Waals surface area contributed by atoms with Gasteiger partial charge in [-0.3, -0.25) is 9.59 Å². The van der Waals surface area contributed by atoms with Crippen molar-refractivity contribution in [3.05, 3.63) is 45.9 Å². The number of hydrogen-bond acceptors (Lipinski definition) is 4. The van der Waals surface area contributed by atoms with Gasteiger partial charge in [-0.25, -0.2) is 4.98 Å². The summed E-state index contributed by atoms with van der Waals surface area (Å²) in [6.45, 7) is 5.97. The van der Waals surface area contributed by atoms with Crippen LogP contribution in [0.2, 0.25) is 0 Å². The van der Waals surface area contributed by atoms with Crippen LogP contribution in [0.1, 0.15) is 33.9 Å². The average molecular weight is 355 g/mol. The second-order valence-electron chi connectivity index (χ2n) is 7.22. The molecule has 2 saturated heterocycles. The number of likely N-dealkylation sites (tertiary alicyclic amines) is 1. The van der Waals surface area contributed by atoms with Gasteiger partial charge in [0.2, 0.25) is 5.91 Å². The highest BCUT2D eigenvalue weighted by atomic mass is 32.1. The third kappa shape index (κ3) is 2.95. The summed E-state index contributed by atoms with van der Waals surface area (Å²) >= 11 is 1.49. The lowest BCUT2D eigenvalue weighted by Crippen LogP contribution is -2.34. The number of anilines is 1. The van der Waals surface area contributed by atoms with Crippen LogP contribution >= 0.6 is 11.3 Å². The Morgan fingerprint density at radius 2 is 1.96 bits per heavy atom. The van der Waals surface area contributed by atoms with Crippen LogP contribution in [0.15, 0.2) is 29.6 Å². The summed E-state index contributed by atoms with van der Waals surface area (Å²) in [5, 5.41) is 2.72. The van der Waals surface area contributed by atoms with Gasteiger partial charge >= 0.3 is 0 Å². The number of carbonyl (C=O) groups is 2. The van der Waals surface area contributed by atoms with Gasteiger partial charge in [0.1, 0.15) is 5.69 Å². The minimum absolute atomic E-state index is 0.0116. The lowest BCUT2D eigenvalue weighted by atomic mass is 9.86. The number of carbonyl (C=O) groups excluding carboxylic acids is 2. The molecule has 6 heteroatoms. The van der Waals surface area contributed by atoms with E-state index in [4.69, 9.17) is 0 Å². The van der Waals surface area contributed by atoms with Gasteiger partial charge in [0.15, 0.2) is 0 Å². The molecule has 4 rings (SSSR count). The van der Waals surface area contributed by atoms with E-state index in [0.29, 0.717) is 31.7 Å². The van der Waals surface area contributed by atoms with Crippen molar-refractivity contribution in [2.45, 2.75) is 26.7 Å². The summed E-state index contributed by atoms with van der Waals surface area (Å²) in [7, 11) is 0. The third-order valence-corrected chi connectivity index (χ3v) is 6.00. The van der Waals surface area contributed by atoms with E-state index < -0.39 is 0 Å². The van der Waals surface area contributed by atoms with Crippen molar-refractivity contribution in [1.82, 2.24) is 9.88 Å². The molecule has 1 aromatic carbocycles. The summed E-state index contributed by atoms with van der Waals surface area (Å²) in [4.78, 5) is 33.3. The molecule has 130 valence electrons. The number of rotatable bonds is 2. The zero-order valence-electron chi connectivity index (χ0n) is 14.5. The summed E-state index contributed by atoms with van der Waals surface area (Å²) in [5.41, 5.74) is 2.54. The first-order chi connectivity index (χ1) is 12.0. The molecule has 0 saturated carbocycles. The zero-order valence-corrected chi connectivity index (χ0v) is 15.3. The highest BCUT2D eigenvalue weighted by Crippen LogP contribution is 2.42. The smallest absolute Gasteiger partial charge is 0.273 e. The van der Waals surface area contributed by atoms with Crippen molar-refractivity contribution < 1.29 is 9.59 Å². The van der Waals surface area contributed by atoms with E-state index in [-0.39, 0.29) is 17.2 Å². The zero-order chi connectivity index (χ0) is 17.6. The molecule has 2 aliphatic heterocycles. The lowest BCUT2D eigenvalue weighted by Gasteiger charge is -2.24. The van der Waals surface area contributed by atoms with Crippen molar-refractivity contribution in [2.24, 2.45) is 5.41 Å². The third-order valence-electron chi connectivity index (χ3n) is 5.23. The van der Waals surface area contributed by atoms with E-state index in [0.717, 1.165) is 17.1 Å². The fourth-order valence-corrected chi connectivity index (χ4v) is 4.45. The van der Waals surface area contributed by atoms with Crippen LogP contribution in [0.5, 0.6) is 0 Å². The number of nitrogens with zero attached hydrogens (tertiary/aromatic N) is 3. The molecule has 2 amide bonds. The Hall–Kier alpha value is -2.21. The Bertz CT molecular complexity index is 829. The molecule has 0 N–H and O–H groups in total. The number of aromatic nitrogens is 1. The summed E-state index contributed by atoms with van der Waals surface area (Å²) in [6, 6.07) is 8.07. The Labute approximate surface area is 151 Å². The van der Waals surface area contributed by atoms with Crippen molar-refractivity contribution in [2.75, 3.05) is 24.5 Å². The first-order valence-corrected chi connectivity index (χ1v) is 9.42. The van der Waals surface area contributed by atoms with Crippen molar-refractivity contribution in [3.8, 4) is 0 Å². The second kappa shape index (κ2) is 5.95. The molecule has 1 atom stereocenters. The molecule has 5 nitrogen and oxygen atoms in total. The molecule has 2 fully saturated rings. The van der Waals surface area contributed by atoms with Gasteiger partial charge < -0.3 is 9.80 Å². The number of hydrogen-bond donors (Lipinski definition) is 0. The van der Waals surface area contributed by atoms with Crippen LogP contribution < -0.4 is 4.90 Å². The lowest BCUT2D eigenvalue weighted by molar-refractivity contribution is -0.117. The Kier molecular flexibility index (Phi) is 3.87. The minimum Gasteiger partial charge on any atom is -0.337 e. The number of thiazole rings is 1. The first kappa shape index (κ1) is 16.3. The molecule has 1 unspecified atom stereocenters. The quantitative estimate of drug-likeness (QED) is 0.832. The summed E-state index contributed by atoms with van der Waals surface area (Å²) < 4.78 is 0. The van der Waals surface area contributed by atoms with Crippen LogP contribution in [-0.2, 0) is 4.79 Å². The topological polar surface area (TPSA) is 53.5 Å². The van der Waals surface area contributed by atoms with Crippen molar-refractivity contribution in [1.29, 1.82) is 0 Å². The Balaban J connectivity index is 1.50. The van der Waals surface area contributed by atoms with Gasteiger partial charge in [-0.1, -0.05) is 17.7 Å². The normalized spacial score (nSPS) is 23.0. The molecule has 0 radical (unpaired) electrons. The van der Waals surface area contributed by atoms with E-state index in [1.165, 1.54) is 16.9 Å². The van der Waals surface area contributed by atoms with Gasteiger partial charge in [-0.15, -0.1) is 11.3 Å². The van der Waals surface area contributed by atoms with E-state index in [2.05, 4.69) is 4.98 Å². The molecular formula is C19H21N3O2S. The summed E-state index contributed by atoms with van der Waals surface area (Å²) in [6.07, 6.45) is 1.39. The molecule has 25 heavy (non-hydrogen) atoms. The fraction of sp³-hybridized carbons (Fsp3) is 0.421. The van der Waals surface area contributed by atoms with Gasteiger partial charge in [-0.05, 0) is 32.4 Å². The first-order valence-electron chi connectivity index (χ1n) is 8.54. The molecule has 1 aromatic heterocycles. The molecular weight excluding hydrogens is 334 g/mol. The maximum absolute atomic E-state index is 12.6. The average Bonchev–Trinajstić information content (AvgIpc) is 3.28. The molecule has 0 bridgehead atoms. The van der Waals surface area contributed by atoms with E-state index in [9.17, 15) is 9.59 Å². The van der Waals surface area contributed by atoms with Gasteiger partial charge in [-0.2, -0.15) is 0 Å². The summed E-state index contributed by atoms with van der Waals surface area (Å²) in [5.74, 6) is 0.144. The van der Waals surface area contributed by atoms with E-state index >= 15 is 0 Å². The van der Waals surface area contributed by atoms with Crippen molar-refractivity contribution in [3.63, 3.8) is 0 Å². The SMILES string of the molecule is Cc1ccc(N2CC3(CCN(C(=O)c4csc(C)n4)C3)CC2=O)cc1. The van der Waals surface area contributed by atoms with Crippen molar-refractivity contribution >= 4 is 28.8 Å². The second-order valence-corrected chi connectivity index (χ2v) is 8.28. The molecule has 1 spiro atoms. The Morgan fingerprint density at radius 3 is 2.64 bits per heavy atom. The van der Waals surface area contributed by atoms with Gasteiger partial charge in [0.25, 0.3) is 5.91 Å². The number of amides is 2. The standard InChI is InChI=1S/C19H21N3O2S/c1-13-3-5-15(6-4-13)22-12-19(9-17(22)23)7-8-21(11-19)18(24)16-10-25-14(2)20-16/h3-6,10H,7-9,11-12H2,1-2H3.